The first-order valence-corrected chi connectivity index (χ1v) is 5.40. The van der Waals surface area contributed by atoms with Gasteiger partial charge in [-0.25, -0.2) is 0 Å². The van der Waals surface area contributed by atoms with Gasteiger partial charge in [0.1, 0.15) is 0 Å². The first-order chi connectivity index (χ1) is 6.29. The van der Waals surface area contributed by atoms with Crippen molar-refractivity contribution in [3.05, 3.63) is 0 Å². The second kappa shape index (κ2) is 3.95. The monoisotopic (exact) mass is 184 g/mol. The highest BCUT2D eigenvalue weighted by molar-refractivity contribution is 4.89. The first-order valence-electron chi connectivity index (χ1n) is 5.40. The summed E-state index contributed by atoms with van der Waals surface area (Å²) in [6.45, 7) is 4.24. The van der Waals surface area contributed by atoms with Crippen LogP contribution in [0.3, 0.4) is 0 Å². The largest absolute Gasteiger partial charge is 0.393 e. The Morgan fingerprint density at radius 2 is 1.92 bits per heavy atom. The van der Waals surface area contributed by atoms with Crippen LogP contribution in [0.5, 0.6) is 0 Å². The van der Waals surface area contributed by atoms with Crippen LogP contribution in [-0.4, -0.2) is 42.3 Å². The van der Waals surface area contributed by atoms with Crippen LogP contribution >= 0.6 is 0 Å². The van der Waals surface area contributed by atoms with Gasteiger partial charge >= 0.3 is 0 Å². The van der Waals surface area contributed by atoms with Gasteiger partial charge in [0.05, 0.1) is 6.10 Å². The molecular weight excluding hydrogens is 164 g/mol. The van der Waals surface area contributed by atoms with E-state index in [1.54, 1.807) is 0 Å². The summed E-state index contributed by atoms with van der Waals surface area (Å²) >= 11 is 0. The molecule has 0 radical (unpaired) electrons. The van der Waals surface area contributed by atoms with E-state index in [4.69, 9.17) is 5.73 Å². The summed E-state index contributed by atoms with van der Waals surface area (Å²) in [6.07, 6.45) is 3.20. The lowest BCUT2D eigenvalue weighted by atomic mass is 10.1. The topological polar surface area (TPSA) is 49.5 Å². The van der Waals surface area contributed by atoms with Crippen LogP contribution in [0.2, 0.25) is 0 Å². The van der Waals surface area contributed by atoms with Crippen LogP contribution in [0.15, 0.2) is 0 Å². The average Bonchev–Trinajstić information content (AvgIpc) is 2.88. The fourth-order valence-corrected chi connectivity index (χ4v) is 2.26. The van der Waals surface area contributed by atoms with Crippen molar-refractivity contribution in [3.8, 4) is 0 Å². The third-order valence-electron chi connectivity index (χ3n) is 3.42. The SMILES string of the molecule is NC[C@@H]1C[C@H]1CN1CCC(O)CC1. The maximum absolute atomic E-state index is 9.33. The smallest absolute Gasteiger partial charge is 0.0564 e. The molecule has 76 valence electrons. The van der Waals surface area contributed by atoms with Crippen molar-refractivity contribution in [2.45, 2.75) is 25.4 Å². The molecule has 0 unspecified atom stereocenters. The van der Waals surface area contributed by atoms with Crippen LogP contribution in [-0.2, 0) is 0 Å². The molecular formula is C10H20N2O. The molecule has 0 aromatic heterocycles. The number of rotatable bonds is 3. The Bertz CT molecular complexity index is 166. The molecule has 1 heterocycles. The van der Waals surface area contributed by atoms with Gasteiger partial charge in [0, 0.05) is 19.6 Å². The highest BCUT2D eigenvalue weighted by Crippen LogP contribution is 2.38. The Morgan fingerprint density at radius 3 is 2.46 bits per heavy atom. The summed E-state index contributed by atoms with van der Waals surface area (Å²) in [5, 5.41) is 9.33. The van der Waals surface area contributed by atoms with Crippen molar-refractivity contribution in [1.29, 1.82) is 0 Å². The van der Waals surface area contributed by atoms with E-state index >= 15 is 0 Å². The van der Waals surface area contributed by atoms with Crippen molar-refractivity contribution in [3.63, 3.8) is 0 Å². The minimum atomic E-state index is -0.0410. The Balaban J connectivity index is 1.66. The van der Waals surface area contributed by atoms with Gasteiger partial charge in [0.25, 0.3) is 0 Å². The Hall–Kier alpha value is -0.120. The Labute approximate surface area is 79.9 Å². The van der Waals surface area contributed by atoms with E-state index < -0.39 is 0 Å². The predicted molar refractivity (Wildman–Crippen MR) is 52.3 cm³/mol. The zero-order chi connectivity index (χ0) is 9.26. The molecule has 0 aromatic rings. The maximum Gasteiger partial charge on any atom is 0.0564 e. The second-order valence-electron chi connectivity index (χ2n) is 4.52. The van der Waals surface area contributed by atoms with Crippen molar-refractivity contribution in [2.75, 3.05) is 26.2 Å². The number of aliphatic hydroxyl groups excluding tert-OH is 1. The molecule has 1 aliphatic carbocycles. The van der Waals surface area contributed by atoms with E-state index in [-0.39, 0.29) is 6.10 Å². The predicted octanol–water partition coefficient (Wildman–Crippen LogP) is 0.0379. The van der Waals surface area contributed by atoms with Crippen LogP contribution in [0.25, 0.3) is 0 Å². The van der Waals surface area contributed by atoms with Gasteiger partial charge in [-0.1, -0.05) is 0 Å². The highest BCUT2D eigenvalue weighted by atomic mass is 16.3. The first kappa shape index (κ1) is 9.44. The standard InChI is InChI=1S/C10H20N2O/c11-6-8-5-9(8)7-12-3-1-10(13)2-4-12/h8-10,13H,1-7,11H2/t8-,9-/m0/s1. The van der Waals surface area contributed by atoms with Crippen LogP contribution in [0, 0.1) is 11.8 Å². The summed E-state index contributed by atoms with van der Waals surface area (Å²) in [5.41, 5.74) is 5.59. The molecule has 2 rings (SSSR count). The van der Waals surface area contributed by atoms with Crippen molar-refractivity contribution in [1.82, 2.24) is 4.90 Å². The van der Waals surface area contributed by atoms with Crippen molar-refractivity contribution >= 4 is 0 Å². The molecule has 3 N–H and O–H groups in total. The van der Waals surface area contributed by atoms with Crippen molar-refractivity contribution < 1.29 is 5.11 Å². The van der Waals surface area contributed by atoms with Gasteiger partial charge in [-0.2, -0.15) is 0 Å². The van der Waals surface area contributed by atoms with Crippen molar-refractivity contribution in [2.24, 2.45) is 17.6 Å². The summed E-state index contributed by atoms with van der Waals surface area (Å²) < 4.78 is 0. The lowest BCUT2D eigenvalue weighted by Crippen LogP contribution is -2.37. The van der Waals surface area contributed by atoms with E-state index in [0.29, 0.717) is 0 Å². The number of hydrogen-bond donors (Lipinski definition) is 2. The molecule has 13 heavy (non-hydrogen) atoms. The normalized spacial score (nSPS) is 36.5. The van der Waals surface area contributed by atoms with E-state index in [1.165, 1.54) is 13.0 Å². The van der Waals surface area contributed by atoms with E-state index in [0.717, 1.165) is 44.3 Å². The highest BCUT2D eigenvalue weighted by Gasteiger charge is 2.37. The molecule has 0 spiro atoms. The van der Waals surface area contributed by atoms with Crippen LogP contribution in [0.4, 0.5) is 0 Å². The molecule has 0 bridgehead atoms. The number of likely N-dealkylation sites (tertiary alicyclic amines) is 1. The number of hydrogen-bond acceptors (Lipinski definition) is 3. The molecule has 0 aromatic carbocycles. The fraction of sp³-hybridized carbons (Fsp3) is 1.00. The number of nitrogens with two attached hydrogens (primary N) is 1. The van der Waals surface area contributed by atoms with Gasteiger partial charge in [0.2, 0.25) is 0 Å². The quantitative estimate of drug-likeness (QED) is 0.651. The molecule has 1 saturated heterocycles. The minimum Gasteiger partial charge on any atom is -0.393 e. The number of piperidine rings is 1. The second-order valence-corrected chi connectivity index (χ2v) is 4.52. The molecule has 1 saturated carbocycles. The summed E-state index contributed by atoms with van der Waals surface area (Å²) in [4.78, 5) is 2.48. The zero-order valence-electron chi connectivity index (χ0n) is 8.15. The van der Waals surface area contributed by atoms with Gasteiger partial charge in [-0.15, -0.1) is 0 Å². The third-order valence-corrected chi connectivity index (χ3v) is 3.42. The molecule has 3 nitrogen and oxygen atoms in total. The Kier molecular flexibility index (Phi) is 2.86. The zero-order valence-corrected chi connectivity index (χ0v) is 8.15. The summed E-state index contributed by atoms with van der Waals surface area (Å²) in [5.74, 6) is 1.66. The minimum absolute atomic E-state index is 0.0410. The van der Waals surface area contributed by atoms with E-state index in [9.17, 15) is 5.11 Å². The van der Waals surface area contributed by atoms with Crippen LogP contribution < -0.4 is 5.73 Å². The maximum atomic E-state index is 9.33. The lowest BCUT2D eigenvalue weighted by Gasteiger charge is -2.29. The summed E-state index contributed by atoms with van der Waals surface area (Å²) in [6, 6.07) is 0. The summed E-state index contributed by atoms with van der Waals surface area (Å²) in [7, 11) is 0. The van der Waals surface area contributed by atoms with Gasteiger partial charge in [-0.3, -0.25) is 0 Å². The van der Waals surface area contributed by atoms with E-state index in [1.807, 2.05) is 0 Å². The molecule has 1 aliphatic heterocycles. The van der Waals surface area contributed by atoms with Gasteiger partial charge in [-0.05, 0) is 37.6 Å². The average molecular weight is 184 g/mol. The molecule has 2 atom stereocenters. The number of aliphatic hydroxyl groups is 1. The van der Waals surface area contributed by atoms with Crippen LogP contribution in [0.1, 0.15) is 19.3 Å². The van der Waals surface area contributed by atoms with E-state index in [2.05, 4.69) is 4.90 Å². The number of nitrogens with zero attached hydrogens (tertiary/aromatic N) is 1. The molecule has 0 amide bonds. The molecule has 2 aliphatic rings. The Morgan fingerprint density at radius 1 is 1.23 bits per heavy atom. The molecule has 2 fully saturated rings. The van der Waals surface area contributed by atoms with Gasteiger partial charge in [0.15, 0.2) is 0 Å². The van der Waals surface area contributed by atoms with Gasteiger partial charge < -0.3 is 15.7 Å². The lowest BCUT2D eigenvalue weighted by molar-refractivity contribution is 0.0798. The molecule has 3 heteroatoms. The third kappa shape index (κ3) is 2.42. The fourth-order valence-electron chi connectivity index (χ4n) is 2.26.